The molecular formula is C14H23ClN2O. The molecule has 1 aromatic rings. The molecule has 18 heavy (non-hydrogen) atoms. The number of unbranched alkanes of at least 4 members (excludes halogenated alkanes) is 1. The number of piperidine rings is 1. The summed E-state index contributed by atoms with van der Waals surface area (Å²) in [5, 5.41) is 4.02. The van der Waals surface area contributed by atoms with Crippen molar-refractivity contribution in [2.75, 3.05) is 19.6 Å². The standard InChI is InChI=1S/C14H23ClN2O/c1-2-3-8-17-9-6-12(7-10-17)16-11-13-4-5-14(15)18-13/h4-5,12,16H,2-3,6-11H2,1H3. The summed E-state index contributed by atoms with van der Waals surface area (Å²) in [6.45, 7) is 6.74. The van der Waals surface area contributed by atoms with Crippen LogP contribution in [0.2, 0.25) is 5.22 Å². The monoisotopic (exact) mass is 270 g/mol. The number of furan rings is 1. The van der Waals surface area contributed by atoms with E-state index in [2.05, 4.69) is 17.1 Å². The number of nitrogens with one attached hydrogen (secondary N) is 1. The Kier molecular flexibility index (Phi) is 5.54. The molecule has 3 nitrogen and oxygen atoms in total. The number of hydrogen-bond donors (Lipinski definition) is 1. The molecule has 0 aliphatic carbocycles. The van der Waals surface area contributed by atoms with E-state index in [1.807, 2.05) is 6.07 Å². The predicted octanol–water partition coefficient (Wildman–Crippen LogP) is 3.29. The van der Waals surface area contributed by atoms with Gasteiger partial charge in [0.05, 0.1) is 6.54 Å². The Morgan fingerprint density at radius 3 is 2.78 bits per heavy atom. The third kappa shape index (κ3) is 4.30. The van der Waals surface area contributed by atoms with E-state index in [4.69, 9.17) is 16.0 Å². The Bertz CT molecular complexity index is 345. The molecule has 0 unspecified atom stereocenters. The van der Waals surface area contributed by atoms with E-state index in [-0.39, 0.29) is 0 Å². The molecule has 4 heteroatoms. The first-order valence-corrected chi connectivity index (χ1v) is 7.35. The van der Waals surface area contributed by atoms with Gasteiger partial charge >= 0.3 is 0 Å². The van der Waals surface area contributed by atoms with E-state index >= 15 is 0 Å². The summed E-state index contributed by atoms with van der Waals surface area (Å²) >= 11 is 5.75. The molecule has 0 aromatic carbocycles. The minimum absolute atomic E-state index is 0.473. The maximum absolute atomic E-state index is 5.75. The first-order chi connectivity index (χ1) is 8.78. The van der Waals surface area contributed by atoms with Crippen molar-refractivity contribution in [2.24, 2.45) is 0 Å². The van der Waals surface area contributed by atoms with Crippen LogP contribution in [0.5, 0.6) is 0 Å². The number of likely N-dealkylation sites (tertiary alicyclic amines) is 1. The van der Waals surface area contributed by atoms with Crippen LogP contribution in [-0.4, -0.2) is 30.6 Å². The summed E-state index contributed by atoms with van der Waals surface area (Å²) in [4.78, 5) is 2.57. The van der Waals surface area contributed by atoms with Crippen LogP contribution in [-0.2, 0) is 6.54 Å². The minimum atomic E-state index is 0.473. The van der Waals surface area contributed by atoms with Gasteiger partial charge in [-0.25, -0.2) is 0 Å². The third-order valence-corrected chi connectivity index (χ3v) is 3.81. The zero-order valence-corrected chi connectivity index (χ0v) is 11.9. The molecular weight excluding hydrogens is 248 g/mol. The Hall–Kier alpha value is -0.510. The minimum Gasteiger partial charge on any atom is -0.448 e. The van der Waals surface area contributed by atoms with E-state index in [0.29, 0.717) is 11.3 Å². The molecule has 1 fully saturated rings. The van der Waals surface area contributed by atoms with E-state index in [1.54, 1.807) is 6.07 Å². The van der Waals surface area contributed by atoms with Crippen LogP contribution in [0.15, 0.2) is 16.5 Å². The van der Waals surface area contributed by atoms with Crippen LogP contribution in [0, 0.1) is 0 Å². The van der Waals surface area contributed by atoms with Crippen molar-refractivity contribution in [3.05, 3.63) is 23.1 Å². The van der Waals surface area contributed by atoms with Crippen LogP contribution in [0.25, 0.3) is 0 Å². The summed E-state index contributed by atoms with van der Waals surface area (Å²) in [7, 11) is 0. The van der Waals surface area contributed by atoms with Gasteiger partial charge in [0.25, 0.3) is 0 Å². The average Bonchev–Trinajstić information content (AvgIpc) is 2.81. The second-order valence-corrected chi connectivity index (χ2v) is 5.43. The Balaban J connectivity index is 1.64. The smallest absolute Gasteiger partial charge is 0.193 e. The predicted molar refractivity (Wildman–Crippen MR) is 74.9 cm³/mol. The van der Waals surface area contributed by atoms with E-state index in [0.717, 1.165) is 12.3 Å². The van der Waals surface area contributed by atoms with Crippen molar-refractivity contribution in [1.82, 2.24) is 10.2 Å². The van der Waals surface area contributed by atoms with Crippen LogP contribution in [0.4, 0.5) is 0 Å². The van der Waals surface area contributed by atoms with Gasteiger partial charge in [-0.1, -0.05) is 13.3 Å². The second kappa shape index (κ2) is 7.17. The van der Waals surface area contributed by atoms with Gasteiger partial charge in [0, 0.05) is 6.04 Å². The number of rotatable bonds is 6. The molecule has 102 valence electrons. The summed E-state index contributed by atoms with van der Waals surface area (Å²) in [6.07, 6.45) is 5.08. The highest BCUT2D eigenvalue weighted by Crippen LogP contribution is 2.15. The van der Waals surface area contributed by atoms with Gasteiger partial charge in [-0.3, -0.25) is 0 Å². The lowest BCUT2D eigenvalue weighted by molar-refractivity contribution is 0.193. The van der Waals surface area contributed by atoms with Crippen molar-refractivity contribution in [3.8, 4) is 0 Å². The van der Waals surface area contributed by atoms with Crippen molar-refractivity contribution < 1.29 is 4.42 Å². The molecule has 0 amide bonds. The number of halogens is 1. The molecule has 0 spiro atoms. The molecule has 2 rings (SSSR count). The van der Waals surface area contributed by atoms with Gasteiger partial charge in [-0.15, -0.1) is 0 Å². The SMILES string of the molecule is CCCCN1CCC(NCc2ccc(Cl)o2)CC1. The summed E-state index contributed by atoms with van der Waals surface area (Å²) in [5.41, 5.74) is 0. The van der Waals surface area contributed by atoms with Crippen LogP contribution in [0.1, 0.15) is 38.4 Å². The van der Waals surface area contributed by atoms with Crippen LogP contribution in [0.3, 0.4) is 0 Å². The Morgan fingerprint density at radius 2 is 2.17 bits per heavy atom. The molecule has 1 saturated heterocycles. The molecule has 1 aliphatic heterocycles. The quantitative estimate of drug-likeness (QED) is 0.860. The van der Waals surface area contributed by atoms with E-state index in [1.165, 1.54) is 45.3 Å². The van der Waals surface area contributed by atoms with E-state index in [9.17, 15) is 0 Å². The molecule has 1 aliphatic rings. The van der Waals surface area contributed by atoms with Crippen LogP contribution < -0.4 is 5.32 Å². The topological polar surface area (TPSA) is 28.4 Å². The van der Waals surface area contributed by atoms with Gasteiger partial charge in [-0.2, -0.15) is 0 Å². The average molecular weight is 271 g/mol. The fraction of sp³-hybridized carbons (Fsp3) is 0.714. The Morgan fingerprint density at radius 1 is 1.39 bits per heavy atom. The summed E-state index contributed by atoms with van der Waals surface area (Å²) in [5.74, 6) is 0.924. The maximum Gasteiger partial charge on any atom is 0.193 e. The van der Waals surface area contributed by atoms with Gasteiger partial charge in [0.2, 0.25) is 0 Å². The fourth-order valence-corrected chi connectivity index (χ4v) is 2.60. The van der Waals surface area contributed by atoms with Crippen molar-refractivity contribution >= 4 is 11.6 Å². The summed E-state index contributed by atoms with van der Waals surface area (Å²) in [6, 6.07) is 4.35. The zero-order valence-electron chi connectivity index (χ0n) is 11.1. The fourth-order valence-electron chi connectivity index (χ4n) is 2.43. The van der Waals surface area contributed by atoms with Gasteiger partial charge in [0.15, 0.2) is 5.22 Å². The van der Waals surface area contributed by atoms with Crippen molar-refractivity contribution in [2.45, 2.75) is 45.2 Å². The normalized spacial score (nSPS) is 18.3. The first-order valence-electron chi connectivity index (χ1n) is 6.98. The molecule has 1 N–H and O–H groups in total. The molecule has 0 atom stereocenters. The summed E-state index contributed by atoms with van der Waals surface area (Å²) < 4.78 is 5.34. The van der Waals surface area contributed by atoms with Crippen molar-refractivity contribution in [1.29, 1.82) is 0 Å². The molecule has 0 saturated carbocycles. The molecule has 1 aromatic heterocycles. The van der Waals surface area contributed by atoms with Gasteiger partial charge < -0.3 is 14.6 Å². The molecule has 0 radical (unpaired) electrons. The molecule has 2 heterocycles. The third-order valence-electron chi connectivity index (χ3n) is 3.61. The van der Waals surface area contributed by atoms with E-state index < -0.39 is 0 Å². The maximum atomic E-state index is 5.75. The number of nitrogens with zero attached hydrogens (tertiary/aromatic N) is 1. The van der Waals surface area contributed by atoms with Crippen LogP contribution >= 0.6 is 11.6 Å². The zero-order chi connectivity index (χ0) is 12.8. The molecule has 0 bridgehead atoms. The largest absolute Gasteiger partial charge is 0.448 e. The first kappa shape index (κ1) is 13.9. The Labute approximate surface area is 114 Å². The highest BCUT2D eigenvalue weighted by Gasteiger charge is 2.18. The highest BCUT2D eigenvalue weighted by molar-refractivity contribution is 6.28. The van der Waals surface area contributed by atoms with Gasteiger partial charge in [-0.05, 0) is 62.6 Å². The lowest BCUT2D eigenvalue weighted by Gasteiger charge is -2.32. The highest BCUT2D eigenvalue weighted by atomic mass is 35.5. The number of hydrogen-bond acceptors (Lipinski definition) is 3. The lowest BCUT2D eigenvalue weighted by Crippen LogP contribution is -2.42. The second-order valence-electron chi connectivity index (χ2n) is 5.06. The van der Waals surface area contributed by atoms with Crippen molar-refractivity contribution in [3.63, 3.8) is 0 Å². The van der Waals surface area contributed by atoms with Gasteiger partial charge in [0.1, 0.15) is 5.76 Å². The lowest BCUT2D eigenvalue weighted by atomic mass is 10.0.